The van der Waals surface area contributed by atoms with Gasteiger partial charge in [-0.3, -0.25) is 0 Å². The van der Waals surface area contributed by atoms with Gasteiger partial charge in [-0.05, 0) is 44.2 Å². The van der Waals surface area contributed by atoms with E-state index >= 15 is 0 Å². The Labute approximate surface area is 117 Å². The lowest BCUT2D eigenvalue weighted by Gasteiger charge is -2.46. The van der Waals surface area contributed by atoms with Gasteiger partial charge in [-0.2, -0.15) is 5.26 Å². The van der Waals surface area contributed by atoms with Crippen LogP contribution in [0.1, 0.15) is 52.0 Å². The number of hydrogen-bond acceptors (Lipinski definition) is 2. The lowest BCUT2D eigenvalue weighted by Crippen LogP contribution is -2.50. The average Bonchev–Trinajstić information content (AvgIpc) is 2.37. The molecule has 1 fully saturated rings. The Morgan fingerprint density at radius 2 is 2.00 bits per heavy atom. The highest BCUT2D eigenvalue weighted by Gasteiger charge is 2.35. The van der Waals surface area contributed by atoms with Gasteiger partial charge in [0, 0.05) is 17.8 Å². The van der Waals surface area contributed by atoms with Crippen molar-refractivity contribution in [3.8, 4) is 6.07 Å². The zero-order valence-electron chi connectivity index (χ0n) is 12.5. The molecule has 0 spiro atoms. The first-order valence-electron chi connectivity index (χ1n) is 7.22. The fourth-order valence-corrected chi connectivity index (χ4v) is 3.18. The number of nitrogens with zero attached hydrogens (tertiary/aromatic N) is 2. The van der Waals surface area contributed by atoms with Crippen LogP contribution in [0.5, 0.6) is 0 Å². The van der Waals surface area contributed by atoms with Crippen molar-refractivity contribution < 1.29 is 0 Å². The average molecular weight is 256 g/mol. The Balaban J connectivity index is 2.35. The molecule has 1 aromatic carbocycles. The van der Waals surface area contributed by atoms with Gasteiger partial charge in [0.2, 0.25) is 0 Å². The fraction of sp³-hybridized carbons (Fsp3) is 0.588. The Kier molecular flexibility index (Phi) is 3.85. The summed E-state index contributed by atoms with van der Waals surface area (Å²) in [6.45, 7) is 9.98. The van der Waals surface area contributed by atoms with E-state index in [0.717, 1.165) is 19.4 Å². The van der Waals surface area contributed by atoms with Crippen LogP contribution in [0.15, 0.2) is 24.3 Å². The molecule has 0 N–H and O–H groups in total. The van der Waals surface area contributed by atoms with Gasteiger partial charge < -0.3 is 4.90 Å². The Bertz CT molecular complexity index is 482. The van der Waals surface area contributed by atoms with Crippen molar-refractivity contribution in [1.29, 1.82) is 5.26 Å². The number of nitriles is 1. The normalized spacial score (nSPS) is 22.3. The van der Waals surface area contributed by atoms with E-state index in [-0.39, 0.29) is 11.5 Å². The van der Waals surface area contributed by atoms with Crippen molar-refractivity contribution >= 4 is 5.69 Å². The molecule has 0 bridgehead atoms. The summed E-state index contributed by atoms with van der Waals surface area (Å²) in [5, 5.41) is 9.15. The Morgan fingerprint density at radius 3 is 2.58 bits per heavy atom. The predicted octanol–water partition coefficient (Wildman–Crippen LogP) is 4.33. The highest BCUT2D eigenvalue weighted by Crippen LogP contribution is 2.38. The lowest BCUT2D eigenvalue weighted by atomic mass is 9.82. The third-order valence-electron chi connectivity index (χ3n) is 4.21. The van der Waals surface area contributed by atoms with Crippen molar-refractivity contribution in [3.63, 3.8) is 0 Å². The molecular weight excluding hydrogens is 232 g/mol. The number of anilines is 1. The third kappa shape index (κ3) is 2.76. The number of hydrogen-bond donors (Lipinski definition) is 0. The van der Waals surface area contributed by atoms with E-state index < -0.39 is 0 Å². The highest BCUT2D eigenvalue weighted by molar-refractivity contribution is 5.57. The maximum absolute atomic E-state index is 9.15. The van der Waals surface area contributed by atoms with Crippen LogP contribution in [0.25, 0.3) is 0 Å². The molecular formula is C17H24N2. The second-order valence-electron chi connectivity index (χ2n) is 6.50. The van der Waals surface area contributed by atoms with Gasteiger partial charge in [-0.15, -0.1) is 0 Å². The van der Waals surface area contributed by atoms with Crippen LogP contribution in [0.3, 0.4) is 0 Å². The Hall–Kier alpha value is -1.49. The van der Waals surface area contributed by atoms with E-state index in [1.807, 2.05) is 0 Å². The molecule has 1 aliphatic heterocycles. The standard InChI is InChI=1S/C17H24N2/c1-13(2)15-7-5-6-8-16(15)19-10-9-14(12-18)11-17(19,3)4/h5-8,13-14H,9-11H2,1-4H3. The molecule has 2 heteroatoms. The molecule has 1 unspecified atom stereocenters. The van der Waals surface area contributed by atoms with E-state index in [9.17, 15) is 0 Å². The molecule has 1 aromatic rings. The molecule has 0 aromatic heterocycles. The van der Waals surface area contributed by atoms with Crippen LogP contribution in [0.4, 0.5) is 5.69 Å². The largest absolute Gasteiger partial charge is 0.366 e. The minimum Gasteiger partial charge on any atom is -0.366 e. The summed E-state index contributed by atoms with van der Waals surface area (Å²) < 4.78 is 0. The smallest absolute Gasteiger partial charge is 0.0657 e. The molecule has 1 heterocycles. The van der Waals surface area contributed by atoms with Crippen molar-refractivity contribution in [2.75, 3.05) is 11.4 Å². The zero-order chi connectivity index (χ0) is 14.0. The van der Waals surface area contributed by atoms with Crippen LogP contribution in [-0.2, 0) is 0 Å². The molecule has 0 aliphatic carbocycles. The van der Waals surface area contributed by atoms with Crippen molar-refractivity contribution in [2.24, 2.45) is 5.92 Å². The number of rotatable bonds is 2. The van der Waals surface area contributed by atoms with E-state index in [1.54, 1.807) is 0 Å². The Morgan fingerprint density at radius 1 is 1.32 bits per heavy atom. The molecule has 19 heavy (non-hydrogen) atoms. The summed E-state index contributed by atoms with van der Waals surface area (Å²) in [6.07, 6.45) is 1.93. The molecule has 102 valence electrons. The molecule has 1 aliphatic rings. The topological polar surface area (TPSA) is 27.0 Å². The lowest BCUT2D eigenvalue weighted by molar-refractivity contribution is 0.315. The van der Waals surface area contributed by atoms with Crippen molar-refractivity contribution in [3.05, 3.63) is 29.8 Å². The quantitative estimate of drug-likeness (QED) is 0.787. The van der Waals surface area contributed by atoms with Crippen LogP contribution in [0.2, 0.25) is 0 Å². The van der Waals surface area contributed by atoms with Gasteiger partial charge in [0.25, 0.3) is 0 Å². The second-order valence-corrected chi connectivity index (χ2v) is 6.50. The first-order chi connectivity index (χ1) is 8.95. The van der Waals surface area contributed by atoms with Crippen LogP contribution in [-0.4, -0.2) is 12.1 Å². The van der Waals surface area contributed by atoms with Gasteiger partial charge in [0.05, 0.1) is 12.0 Å². The van der Waals surface area contributed by atoms with E-state index in [0.29, 0.717) is 5.92 Å². The highest BCUT2D eigenvalue weighted by atomic mass is 15.2. The maximum atomic E-state index is 9.15. The summed E-state index contributed by atoms with van der Waals surface area (Å²) in [5.74, 6) is 0.734. The first kappa shape index (κ1) is 13.9. The van der Waals surface area contributed by atoms with Gasteiger partial charge in [0.15, 0.2) is 0 Å². The van der Waals surface area contributed by atoms with Gasteiger partial charge in [-0.25, -0.2) is 0 Å². The number of para-hydroxylation sites is 1. The van der Waals surface area contributed by atoms with Gasteiger partial charge in [-0.1, -0.05) is 32.0 Å². The van der Waals surface area contributed by atoms with Crippen molar-refractivity contribution in [1.82, 2.24) is 0 Å². The molecule has 0 radical (unpaired) electrons. The SMILES string of the molecule is CC(C)c1ccccc1N1CCC(C#N)CC1(C)C. The monoisotopic (exact) mass is 256 g/mol. The third-order valence-corrected chi connectivity index (χ3v) is 4.21. The summed E-state index contributed by atoms with van der Waals surface area (Å²) >= 11 is 0. The molecule has 1 saturated heterocycles. The maximum Gasteiger partial charge on any atom is 0.0657 e. The first-order valence-corrected chi connectivity index (χ1v) is 7.22. The zero-order valence-corrected chi connectivity index (χ0v) is 12.5. The minimum absolute atomic E-state index is 0.0592. The van der Waals surface area contributed by atoms with Crippen molar-refractivity contribution in [2.45, 2.75) is 52.0 Å². The summed E-state index contributed by atoms with van der Waals surface area (Å²) in [5.41, 5.74) is 2.81. The minimum atomic E-state index is 0.0592. The predicted molar refractivity (Wildman–Crippen MR) is 80.3 cm³/mol. The number of piperidine rings is 1. The summed E-state index contributed by atoms with van der Waals surface area (Å²) in [6, 6.07) is 11.1. The fourth-order valence-electron chi connectivity index (χ4n) is 3.18. The van der Waals surface area contributed by atoms with E-state index in [1.165, 1.54) is 11.3 Å². The molecule has 0 amide bonds. The van der Waals surface area contributed by atoms with E-state index in [4.69, 9.17) is 5.26 Å². The molecule has 0 saturated carbocycles. The second kappa shape index (κ2) is 5.25. The molecule has 1 atom stereocenters. The summed E-state index contributed by atoms with van der Waals surface area (Å²) in [7, 11) is 0. The van der Waals surface area contributed by atoms with Gasteiger partial charge >= 0.3 is 0 Å². The van der Waals surface area contributed by atoms with Gasteiger partial charge in [0.1, 0.15) is 0 Å². The summed E-state index contributed by atoms with van der Waals surface area (Å²) in [4.78, 5) is 2.50. The van der Waals surface area contributed by atoms with Crippen LogP contribution < -0.4 is 4.90 Å². The van der Waals surface area contributed by atoms with Crippen LogP contribution in [0, 0.1) is 17.2 Å². The molecule has 2 rings (SSSR count). The molecule has 2 nitrogen and oxygen atoms in total. The van der Waals surface area contributed by atoms with E-state index in [2.05, 4.69) is 62.9 Å². The number of benzene rings is 1. The van der Waals surface area contributed by atoms with Crippen LogP contribution >= 0.6 is 0 Å².